The molecule has 0 saturated heterocycles. The minimum Gasteiger partial charge on any atom is -0.270 e. The van der Waals surface area contributed by atoms with E-state index in [1.54, 1.807) is 11.8 Å². The highest BCUT2D eigenvalue weighted by molar-refractivity contribution is 7.98. The average Bonchev–Trinajstić information content (AvgIpc) is 2.32. The van der Waals surface area contributed by atoms with E-state index >= 15 is 0 Å². The van der Waals surface area contributed by atoms with Gasteiger partial charge in [-0.15, -0.1) is 11.6 Å². The lowest BCUT2D eigenvalue weighted by Gasteiger charge is -2.00. The first kappa shape index (κ1) is 11.2. The molecule has 74 valence electrons. The number of aromatic nitrogens is 2. The zero-order chi connectivity index (χ0) is 9.84. The average molecular weight is 239 g/mol. The zero-order valence-corrected chi connectivity index (χ0v) is 10.0. The van der Waals surface area contributed by atoms with Gasteiger partial charge in [-0.3, -0.25) is 4.68 Å². The van der Waals surface area contributed by atoms with Gasteiger partial charge in [0.05, 0.1) is 16.4 Å². The fraction of sp³-hybridized carbons (Fsp3) is 0.625. The van der Waals surface area contributed by atoms with Crippen molar-refractivity contribution in [2.45, 2.75) is 12.7 Å². The zero-order valence-electron chi connectivity index (χ0n) is 7.68. The number of hydrogen-bond acceptors (Lipinski definition) is 2. The van der Waals surface area contributed by atoms with E-state index in [-0.39, 0.29) is 0 Å². The quantitative estimate of drug-likeness (QED) is 0.594. The molecule has 0 N–H and O–H groups in total. The minimum absolute atomic E-state index is 0.680. The molecule has 0 aliphatic carbocycles. The summed E-state index contributed by atoms with van der Waals surface area (Å²) in [5.41, 5.74) is 1.97. The number of rotatable bonds is 4. The van der Waals surface area contributed by atoms with E-state index < -0.39 is 0 Å². The van der Waals surface area contributed by atoms with E-state index in [1.165, 1.54) is 0 Å². The normalized spacial score (nSPS) is 10.8. The molecule has 5 heteroatoms. The van der Waals surface area contributed by atoms with Crippen LogP contribution in [0.1, 0.15) is 11.4 Å². The molecule has 1 rings (SSSR count). The molecular weight excluding hydrogens is 227 g/mol. The molecule has 1 aromatic rings. The van der Waals surface area contributed by atoms with Crippen LogP contribution >= 0.6 is 35.0 Å². The van der Waals surface area contributed by atoms with Gasteiger partial charge in [-0.2, -0.15) is 16.9 Å². The number of aryl methyl sites for hydroxylation is 2. The summed E-state index contributed by atoms with van der Waals surface area (Å²) in [4.78, 5) is 0. The monoisotopic (exact) mass is 238 g/mol. The Morgan fingerprint density at radius 3 is 2.69 bits per heavy atom. The van der Waals surface area contributed by atoms with E-state index in [2.05, 4.69) is 5.10 Å². The van der Waals surface area contributed by atoms with Gasteiger partial charge in [-0.25, -0.2) is 0 Å². The van der Waals surface area contributed by atoms with Crippen LogP contribution in [0, 0.1) is 6.92 Å². The number of halogens is 2. The molecule has 0 amide bonds. The van der Waals surface area contributed by atoms with E-state index in [0.29, 0.717) is 5.88 Å². The minimum atomic E-state index is 0.680. The number of alkyl halides is 1. The second-order valence-electron chi connectivity index (χ2n) is 2.71. The molecule has 1 aromatic heterocycles. The molecule has 0 unspecified atom stereocenters. The maximum atomic E-state index is 6.06. The third-order valence-corrected chi connectivity index (χ3v) is 3.60. The van der Waals surface area contributed by atoms with E-state index in [4.69, 9.17) is 23.2 Å². The molecular formula is C8H12Cl2N2S. The Hall–Kier alpha value is 0.140. The summed E-state index contributed by atoms with van der Waals surface area (Å²) in [6.45, 7) is 1.91. The number of thioether (sulfide) groups is 1. The van der Waals surface area contributed by atoms with Crippen LogP contribution in [0.2, 0.25) is 5.02 Å². The SMILES string of the molecule is Cc1nn(C)c(CSCCCl)c1Cl. The van der Waals surface area contributed by atoms with Crippen molar-refractivity contribution in [1.29, 1.82) is 0 Å². The van der Waals surface area contributed by atoms with Gasteiger partial charge >= 0.3 is 0 Å². The van der Waals surface area contributed by atoms with Crippen molar-refractivity contribution in [2.24, 2.45) is 7.05 Å². The fourth-order valence-electron chi connectivity index (χ4n) is 1.06. The molecule has 13 heavy (non-hydrogen) atoms. The van der Waals surface area contributed by atoms with Crippen LogP contribution in [-0.2, 0) is 12.8 Å². The smallest absolute Gasteiger partial charge is 0.0855 e. The lowest BCUT2D eigenvalue weighted by atomic mass is 10.4. The van der Waals surface area contributed by atoms with Crippen LogP contribution in [0.5, 0.6) is 0 Å². The first-order valence-electron chi connectivity index (χ1n) is 3.98. The van der Waals surface area contributed by atoms with Gasteiger partial charge < -0.3 is 0 Å². The predicted molar refractivity (Wildman–Crippen MR) is 59.8 cm³/mol. The number of nitrogens with zero attached hydrogens (tertiary/aromatic N) is 2. The van der Waals surface area contributed by atoms with Crippen LogP contribution in [0.25, 0.3) is 0 Å². The van der Waals surface area contributed by atoms with Crippen molar-refractivity contribution in [2.75, 3.05) is 11.6 Å². The molecule has 0 aliphatic heterocycles. The Morgan fingerprint density at radius 1 is 1.54 bits per heavy atom. The van der Waals surface area contributed by atoms with Gasteiger partial charge in [0, 0.05) is 24.4 Å². The van der Waals surface area contributed by atoms with Crippen molar-refractivity contribution in [1.82, 2.24) is 9.78 Å². The highest BCUT2D eigenvalue weighted by atomic mass is 35.5. The molecule has 0 radical (unpaired) electrons. The molecule has 0 spiro atoms. The van der Waals surface area contributed by atoms with Crippen molar-refractivity contribution in [3.05, 3.63) is 16.4 Å². The lowest BCUT2D eigenvalue weighted by molar-refractivity contribution is 0.727. The van der Waals surface area contributed by atoms with E-state index in [0.717, 1.165) is 27.9 Å². The molecule has 1 heterocycles. The summed E-state index contributed by atoms with van der Waals surface area (Å²) in [5, 5.41) is 5.01. The lowest BCUT2D eigenvalue weighted by Crippen LogP contribution is -1.97. The Balaban J connectivity index is 2.64. The molecule has 0 atom stereocenters. The van der Waals surface area contributed by atoms with Crippen LogP contribution in [0.3, 0.4) is 0 Å². The first-order chi connectivity index (χ1) is 6.16. The molecule has 0 bridgehead atoms. The third-order valence-electron chi connectivity index (χ3n) is 1.72. The maximum Gasteiger partial charge on any atom is 0.0855 e. The Kier molecular flexibility index (Phi) is 4.42. The summed E-state index contributed by atoms with van der Waals surface area (Å²) in [6.07, 6.45) is 0. The molecule has 0 fully saturated rings. The van der Waals surface area contributed by atoms with Gasteiger partial charge in [0.25, 0.3) is 0 Å². The van der Waals surface area contributed by atoms with Gasteiger partial charge in [-0.05, 0) is 6.92 Å². The van der Waals surface area contributed by atoms with Crippen molar-refractivity contribution in [3.63, 3.8) is 0 Å². The van der Waals surface area contributed by atoms with Crippen LogP contribution < -0.4 is 0 Å². The van der Waals surface area contributed by atoms with Crippen LogP contribution in [0.15, 0.2) is 0 Å². The second kappa shape index (κ2) is 5.13. The topological polar surface area (TPSA) is 17.8 Å². The molecule has 0 aliphatic rings. The summed E-state index contributed by atoms with van der Waals surface area (Å²) in [7, 11) is 1.91. The Morgan fingerprint density at radius 2 is 2.23 bits per heavy atom. The fourth-order valence-corrected chi connectivity index (χ4v) is 2.47. The van der Waals surface area contributed by atoms with E-state index in [9.17, 15) is 0 Å². The number of hydrogen-bond donors (Lipinski definition) is 0. The highest BCUT2D eigenvalue weighted by Gasteiger charge is 2.09. The Labute approximate surface area is 92.6 Å². The van der Waals surface area contributed by atoms with Gasteiger partial charge in [0.1, 0.15) is 0 Å². The van der Waals surface area contributed by atoms with E-state index in [1.807, 2.05) is 18.7 Å². The van der Waals surface area contributed by atoms with Gasteiger partial charge in [0.2, 0.25) is 0 Å². The van der Waals surface area contributed by atoms with Crippen LogP contribution in [-0.4, -0.2) is 21.4 Å². The van der Waals surface area contributed by atoms with Crippen molar-refractivity contribution in [3.8, 4) is 0 Å². The van der Waals surface area contributed by atoms with Crippen molar-refractivity contribution >= 4 is 35.0 Å². The second-order valence-corrected chi connectivity index (χ2v) is 4.57. The Bertz CT molecular complexity index is 286. The molecule has 0 saturated carbocycles. The first-order valence-corrected chi connectivity index (χ1v) is 6.05. The summed E-state index contributed by atoms with van der Waals surface area (Å²) < 4.78 is 1.83. The highest BCUT2D eigenvalue weighted by Crippen LogP contribution is 2.23. The molecule has 2 nitrogen and oxygen atoms in total. The predicted octanol–water partition coefficient (Wildman–Crippen LogP) is 2.85. The van der Waals surface area contributed by atoms with Gasteiger partial charge in [-0.1, -0.05) is 11.6 Å². The largest absolute Gasteiger partial charge is 0.270 e. The molecule has 0 aromatic carbocycles. The van der Waals surface area contributed by atoms with Gasteiger partial charge in [0.15, 0.2) is 0 Å². The maximum absolute atomic E-state index is 6.06. The standard InChI is InChI=1S/C8H12Cl2N2S/c1-6-8(10)7(12(2)11-6)5-13-4-3-9/h3-5H2,1-2H3. The van der Waals surface area contributed by atoms with Crippen LogP contribution in [0.4, 0.5) is 0 Å². The van der Waals surface area contributed by atoms with Crippen molar-refractivity contribution < 1.29 is 0 Å². The third kappa shape index (κ3) is 2.79. The summed E-state index contributed by atoms with van der Waals surface area (Å²) >= 11 is 13.4. The summed E-state index contributed by atoms with van der Waals surface area (Å²) in [6, 6.07) is 0. The summed E-state index contributed by atoms with van der Waals surface area (Å²) in [5.74, 6) is 2.50.